The lowest BCUT2D eigenvalue weighted by atomic mass is 10.1. The van der Waals surface area contributed by atoms with Crippen LogP contribution in [-0.2, 0) is 4.74 Å². The maximum absolute atomic E-state index is 13.3. The number of benzene rings is 2. The van der Waals surface area contributed by atoms with E-state index in [-0.39, 0.29) is 12.0 Å². The summed E-state index contributed by atoms with van der Waals surface area (Å²) in [6.45, 7) is 1.31. The first kappa shape index (κ1) is 15.0. The zero-order chi connectivity index (χ0) is 15.5. The van der Waals surface area contributed by atoms with E-state index in [1.165, 1.54) is 18.2 Å². The van der Waals surface area contributed by atoms with Crippen LogP contribution in [0.2, 0.25) is 5.02 Å². The molecule has 0 N–H and O–H groups in total. The fourth-order valence-corrected chi connectivity index (χ4v) is 2.82. The molecule has 1 unspecified atom stereocenters. The van der Waals surface area contributed by atoms with Gasteiger partial charge in [0.05, 0.1) is 13.2 Å². The molecule has 22 heavy (non-hydrogen) atoms. The van der Waals surface area contributed by atoms with Crippen molar-refractivity contribution in [2.24, 2.45) is 0 Å². The summed E-state index contributed by atoms with van der Waals surface area (Å²) >= 11 is 6.19. The molecule has 0 spiro atoms. The predicted molar refractivity (Wildman–Crippen MR) is 82.4 cm³/mol. The van der Waals surface area contributed by atoms with Crippen molar-refractivity contribution in [3.05, 3.63) is 70.5 Å². The molecule has 114 valence electrons. The van der Waals surface area contributed by atoms with E-state index in [1.54, 1.807) is 17.0 Å². The molecule has 1 fully saturated rings. The Labute approximate surface area is 133 Å². The van der Waals surface area contributed by atoms with Crippen molar-refractivity contribution >= 4 is 17.5 Å². The Hall–Kier alpha value is -1.91. The van der Waals surface area contributed by atoms with Crippen LogP contribution in [0, 0.1) is 5.82 Å². The van der Waals surface area contributed by atoms with E-state index < -0.39 is 5.82 Å². The van der Waals surface area contributed by atoms with Crippen molar-refractivity contribution in [2.75, 3.05) is 19.7 Å². The van der Waals surface area contributed by atoms with Gasteiger partial charge in [-0.3, -0.25) is 4.79 Å². The molecule has 1 atom stereocenters. The van der Waals surface area contributed by atoms with E-state index in [9.17, 15) is 9.18 Å². The summed E-state index contributed by atoms with van der Waals surface area (Å²) < 4.78 is 19.0. The number of halogens is 2. The molecule has 0 aliphatic carbocycles. The highest BCUT2D eigenvalue weighted by atomic mass is 35.5. The standard InChI is InChI=1S/C17H15ClFNO2/c18-15-7-2-1-6-14(15)16-11-20(8-9-22-16)17(21)12-4-3-5-13(19)10-12/h1-7,10,16H,8-9,11H2. The number of rotatable bonds is 2. The van der Waals surface area contributed by atoms with Crippen LogP contribution in [0.25, 0.3) is 0 Å². The quantitative estimate of drug-likeness (QED) is 0.845. The fraction of sp³-hybridized carbons (Fsp3) is 0.235. The summed E-state index contributed by atoms with van der Waals surface area (Å²) in [5.41, 5.74) is 1.21. The number of ether oxygens (including phenoxy) is 1. The van der Waals surface area contributed by atoms with Crippen LogP contribution in [0.1, 0.15) is 22.0 Å². The number of morpholine rings is 1. The van der Waals surface area contributed by atoms with Gasteiger partial charge < -0.3 is 9.64 Å². The zero-order valence-electron chi connectivity index (χ0n) is 11.8. The Balaban J connectivity index is 1.78. The van der Waals surface area contributed by atoms with Gasteiger partial charge in [0.1, 0.15) is 11.9 Å². The molecule has 1 aliphatic rings. The minimum atomic E-state index is -0.415. The summed E-state index contributed by atoms with van der Waals surface area (Å²) in [6, 6.07) is 13.2. The maximum Gasteiger partial charge on any atom is 0.254 e. The molecular weight excluding hydrogens is 305 g/mol. The third kappa shape index (κ3) is 3.13. The van der Waals surface area contributed by atoms with Gasteiger partial charge in [-0.2, -0.15) is 0 Å². The highest BCUT2D eigenvalue weighted by molar-refractivity contribution is 6.31. The topological polar surface area (TPSA) is 29.5 Å². The summed E-state index contributed by atoms with van der Waals surface area (Å²) in [5, 5.41) is 0.618. The van der Waals surface area contributed by atoms with Gasteiger partial charge in [0.15, 0.2) is 0 Å². The molecule has 3 rings (SSSR count). The molecule has 0 aromatic heterocycles. The number of carbonyl (C=O) groups excluding carboxylic acids is 1. The summed E-state index contributed by atoms with van der Waals surface area (Å²) in [6.07, 6.45) is -0.264. The van der Waals surface area contributed by atoms with Crippen molar-refractivity contribution < 1.29 is 13.9 Å². The second kappa shape index (κ2) is 6.46. The highest BCUT2D eigenvalue weighted by Gasteiger charge is 2.27. The van der Waals surface area contributed by atoms with Gasteiger partial charge in [-0.1, -0.05) is 35.9 Å². The van der Waals surface area contributed by atoms with Gasteiger partial charge in [-0.05, 0) is 24.3 Å². The molecule has 2 aromatic carbocycles. The molecule has 1 amide bonds. The van der Waals surface area contributed by atoms with Crippen LogP contribution in [0.15, 0.2) is 48.5 Å². The van der Waals surface area contributed by atoms with Crippen molar-refractivity contribution in [2.45, 2.75) is 6.10 Å². The van der Waals surface area contributed by atoms with E-state index >= 15 is 0 Å². The van der Waals surface area contributed by atoms with Crippen LogP contribution in [0.5, 0.6) is 0 Å². The number of hydrogen-bond acceptors (Lipinski definition) is 2. The third-order valence-corrected chi connectivity index (χ3v) is 4.02. The zero-order valence-corrected chi connectivity index (χ0v) is 12.6. The van der Waals surface area contributed by atoms with Crippen molar-refractivity contribution in [1.82, 2.24) is 4.90 Å². The lowest BCUT2D eigenvalue weighted by Gasteiger charge is -2.33. The monoisotopic (exact) mass is 319 g/mol. The molecule has 1 aliphatic heterocycles. The molecule has 0 saturated carbocycles. The van der Waals surface area contributed by atoms with Crippen LogP contribution < -0.4 is 0 Å². The molecule has 0 radical (unpaired) electrons. The second-order valence-electron chi connectivity index (χ2n) is 5.14. The van der Waals surface area contributed by atoms with Crippen molar-refractivity contribution in [3.63, 3.8) is 0 Å². The van der Waals surface area contributed by atoms with E-state index in [2.05, 4.69) is 0 Å². The predicted octanol–water partition coefficient (Wildman–Crippen LogP) is 3.69. The summed E-state index contributed by atoms with van der Waals surface area (Å²) in [7, 11) is 0. The average molecular weight is 320 g/mol. The minimum Gasteiger partial charge on any atom is -0.370 e. The SMILES string of the molecule is O=C(c1cccc(F)c1)N1CCOC(c2ccccc2Cl)C1. The first-order valence-corrected chi connectivity index (χ1v) is 7.44. The van der Waals surface area contributed by atoms with Gasteiger partial charge in [-0.25, -0.2) is 4.39 Å². The summed E-state index contributed by atoms with van der Waals surface area (Å²) in [4.78, 5) is 14.2. The van der Waals surface area contributed by atoms with E-state index in [0.29, 0.717) is 30.3 Å². The second-order valence-corrected chi connectivity index (χ2v) is 5.55. The number of amides is 1. The molecule has 2 aromatic rings. The summed E-state index contributed by atoms with van der Waals surface area (Å²) in [5.74, 6) is -0.610. The van der Waals surface area contributed by atoms with Gasteiger partial charge in [0, 0.05) is 22.7 Å². The molecule has 0 bridgehead atoms. The average Bonchev–Trinajstić information content (AvgIpc) is 2.55. The largest absolute Gasteiger partial charge is 0.370 e. The van der Waals surface area contributed by atoms with Gasteiger partial charge in [0.25, 0.3) is 5.91 Å². The van der Waals surface area contributed by atoms with E-state index in [4.69, 9.17) is 16.3 Å². The van der Waals surface area contributed by atoms with Gasteiger partial charge in [0.2, 0.25) is 0 Å². The van der Waals surface area contributed by atoms with Crippen LogP contribution in [0.3, 0.4) is 0 Å². The Morgan fingerprint density at radius 3 is 2.82 bits per heavy atom. The van der Waals surface area contributed by atoms with Crippen LogP contribution >= 0.6 is 11.6 Å². The van der Waals surface area contributed by atoms with E-state index in [0.717, 1.165) is 5.56 Å². The fourth-order valence-electron chi connectivity index (χ4n) is 2.56. The lowest BCUT2D eigenvalue weighted by Crippen LogP contribution is -2.42. The van der Waals surface area contributed by atoms with Crippen molar-refractivity contribution in [3.8, 4) is 0 Å². The normalized spacial score (nSPS) is 18.3. The third-order valence-electron chi connectivity index (χ3n) is 3.68. The van der Waals surface area contributed by atoms with Crippen molar-refractivity contribution in [1.29, 1.82) is 0 Å². The van der Waals surface area contributed by atoms with E-state index in [1.807, 2.05) is 18.2 Å². The minimum absolute atomic E-state index is 0.195. The highest BCUT2D eigenvalue weighted by Crippen LogP contribution is 2.28. The number of carbonyl (C=O) groups is 1. The maximum atomic E-state index is 13.3. The molecule has 5 heteroatoms. The first-order valence-electron chi connectivity index (χ1n) is 7.06. The molecular formula is C17H15ClFNO2. The molecule has 1 heterocycles. The Bertz CT molecular complexity index is 692. The number of nitrogens with zero attached hydrogens (tertiary/aromatic N) is 1. The lowest BCUT2D eigenvalue weighted by molar-refractivity contribution is -0.0227. The first-order chi connectivity index (χ1) is 10.6. The van der Waals surface area contributed by atoms with Gasteiger partial charge in [-0.15, -0.1) is 0 Å². The van der Waals surface area contributed by atoms with Crippen LogP contribution in [-0.4, -0.2) is 30.5 Å². The Morgan fingerprint density at radius 1 is 1.23 bits per heavy atom. The smallest absolute Gasteiger partial charge is 0.254 e. The number of hydrogen-bond donors (Lipinski definition) is 0. The Kier molecular flexibility index (Phi) is 4.41. The van der Waals surface area contributed by atoms with Crippen LogP contribution in [0.4, 0.5) is 4.39 Å². The molecule has 1 saturated heterocycles. The van der Waals surface area contributed by atoms with Gasteiger partial charge >= 0.3 is 0 Å². The Morgan fingerprint density at radius 2 is 2.05 bits per heavy atom. The molecule has 3 nitrogen and oxygen atoms in total.